The number of esters is 1. The maximum absolute atomic E-state index is 13.1. The number of alkyl carbamates (subject to hydrolysis) is 1. The minimum Gasteiger partial charge on any atom is -0.459 e. The van der Waals surface area contributed by atoms with Gasteiger partial charge in [-0.05, 0) is 50.3 Å². The van der Waals surface area contributed by atoms with E-state index >= 15 is 0 Å². The van der Waals surface area contributed by atoms with Crippen LogP contribution in [0.15, 0.2) is 60.8 Å². The molecule has 0 aliphatic rings. The van der Waals surface area contributed by atoms with E-state index < -0.39 is 23.7 Å². The van der Waals surface area contributed by atoms with Gasteiger partial charge in [-0.2, -0.15) is 0 Å². The molecule has 1 amide bonds. The van der Waals surface area contributed by atoms with Crippen LogP contribution in [-0.4, -0.2) is 28.3 Å². The molecule has 0 bridgehead atoms. The fourth-order valence-electron chi connectivity index (χ4n) is 3.76. The Morgan fingerprint density at radius 1 is 1.00 bits per heavy atom. The van der Waals surface area contributed by atoms with Crippen molar-refractivity contribution in [2.75, 3.05) is 0 Å². The second kappa shape index (κ2) is 11.2. The number of nitrogens with one attached hydrogen (secondary N) is 1. The number of aryl methyl sites for hydroxylation is 1. The lowest BCUT2D eigenvalue weighted by atomic mass is 10.1. The lowest BCUT2D eigenvalue weighted by molar-refractivity contribution is -0.147. The summed E-state index contributed by atoms with van der Waals surface area (Å²) >= 11 is 0. The van der Waals surface area contributed by atoms with Crippen LogP contribution in [0.3, 0.4) is 0 Å². The topological polar surface area (TPSA) is 69.6 Å². The van der Waals surface area contributed by atoms with Crippen molar-refractivity contribution in [1.29, 1.82) is 0 Å². The molecule has 1 aromatic heterocycles. The van der Waals surface area contributed by atoms with Crippen molar-refractivity contribution in [3.8, 4) is 0 Å². The number of rotatable bonds is 9. The Morgan fingerprint density at radius 3 is 2.35 bits per heavy atom. The van der Waals surface area contributed by atoms with Gasteiger partial charge in [0.1, 0.15) is 18.2 Å². The molecule has 1 N–H and O–H groups in total. The van der Waals surface area contributed by atoms with Crippen LogP contribution in [0.25, 0.3) is 10.9 Å². The lowest BCUT2D eigenvalue weighted by Gasteiger charge is -2.23. The minimum atomic E-state index is -0.872. The number of nitrogens with zero attached hydrogens (tertiary/aromatic N) is 1. The molecule has 3 rings (SSSR count). The standard InChI is InChI=1S/C28H36N2O4/c1-20(2)15-16-30-18-22(23-13-9-10-14-25(23)30)17-24(29-27(32)34-28(3,4)5)26(31)33-19-21-11-7-6-8-12-21/h6-14,18,20,24H,15-17,19H2,1-5H3,(H,29,32)/t24-/m0/s1. The molecule has 0 unspecified atom stereocenters. The van der Waals surface area contributed by atoms with Gasteiger partial charge in [0.05, 0.1) is 0 Å². The van der Waals surface area contributed by atoms with Gasteiger partial charge < -0.3 is 19.4 Å². The molecule has 34 heavy (non-hydrogen) atoms. The van der Waals surface area contributed by atoms with E-state index in [1.807, 2.05) is 42.5 Å². The number of carbonyl (C=O) groups is 2. The SMILES string of the molecule is CC(C)CCn1cc(C[C@H](NC(=O)OC(C)(C)C)C(=O)OCc2ccccc2)c2ccccc21. The zero-order valence-electron chi connectivity index (χ0n) is 20.8. The summed E-state index contributed by atoms with van der Waals surface area (Å²) in [5.41, 5.74) is 2.32. The monoisotopic (exact) mass is 464 g/mol. The summed E-state index contributed by atoms with van der Waals surface area (Å²) in [5, 5.41) is 3.81. The van der Waals surface area contributed by atoms with Crippen LogP contribution in [-0.2, 0) is 33.8 Å². The molecular formula is C28H36N2O4. The van der Waals surface area contributed by atoms with Gasteiger partial charge in [-0.15, -0.1) is 0 Å². The highest BCUT2D eigenvalue weighted by atomic mass is 16.6. The minimum absolute atomic E-state index is 0.141. The molecule has 0 saturated carbocycles. The van der Waals surface area contributed by atoms with Crippen LogP contribution in [0.2, 0.25) is 0 Å². The van der Waals surface area contributed by atoms with E-state index in [0.29, 0.717) is 12.3 Å². The number of hydrogen-bond donors (Lipinski definition) is 1. The van der Waals surface area contributed by atoms with Crippen LogP contribution in [0.1, 0.15) is 52.2 Å². The van der Waals surface area contributed by atoms with E-state index in [0.717, 1.165) is 35.0 Å². The van der Waals surface area contributed by atoms with Crippen LogP contribution < -0.4 is 5.32 Å². The van der Waals surface area contributed by atoms with E-state index in [1.54, 1.807) is 20.8 Å². The maximum atomic E-state index is 13.1. The number of benzene rings is 2. The van der Waals surface area contributed by atoms with Crippen LogP contribution in [0.4, 0.5) is 4.79 Å². The Morgan fingerprint density at radius 2 is 1.68 bits per heavy atom. The Labute approximate surface area is 202 Å². The molecule has 6 nitrogen and oxygen atoms in total. The largest absolute Gasteiger partial charge is 0.459 e. The number of ether oxygens (including phenoxy) is 2. The number of para-hydroxylation sites is 1. The van der Waals surface area contributed by atoms with Crippen molar-refractivity contribution in [2.24, 2.45) is 5.92 Å². The average molecular weight is 465 g/mol. The van der Waals surface area contributed by atoms with Crippen molar-refractivity contribution in [3.63, 3.8) is 0 Å². The second-order valence-electron chi connectivity index (χ2n) is 10.0. The Kier molecular flexibility index (Phi) is 8.37. The van der Waals surface area contributed by atoms with Crippen molar-refractivity contribution >= 4 is 23.0 Å². The van der Waals surface area contributed by atoms with Gasteiger partial charge in [-0.25, -0.2) is 9.59 Å². The van der Waals surface area contributed by atoms with Crippen molar-refractivity contribution in [3.05, 3.63) is 71.9 Å². The summed E-state index contributed by atoms with van der Waals surface area (Å²) in [5.74, 6) is 0.0906. The van der Waals surface area contributed by atoms with Gasteiger partial charge >= 0.3 is 12.1 Å². The summed E-state index contributed by atoms with van der Waals surface area (Å²) in [6.45, 7) is 10.8. The molecule has 0 spiro atoms. The first-order chi connectivity index (χ1) is 16.1. The third kappa shape index (κ3) is 7.37. The summed E-state index contributed by atoms with van der Waals surface area (Å²) in [7, 11) is 0. The fourth-order valence-corrected chi connectivity index (χ4v) is 3.76. The van der Waals surface area contributed by atoms with Gasteiger partial charge in [0.15, 0.2) is 0 Å². The van der Waals surface area contributed by atoms with E-state index in [2.05, 4.69) is 42.1 Å². The van der Waals surface area contributed by atoms with Gasteiger partial charge in [-0.1, -0.05) is 62.4 Å². The first-order valence-corrected chi connectivity index (χ1v) is 11.9. The van der Waals surface area contributed by atoms with E-state index in [-0.39, 0.29) is 6.61 Å². The Hall–Kier alpha value is -3.28. The van der Waals surface area contributed by atoms with Gasteiger partial charge in [0.2, 0.25) is 0 Å². The predicted octanol–water partition coefficient (Wildman–Crippen LogP) is 5.87. The molecular weight excluding hydrogens is 428 g/mol. The Balaban J connectivity index is 1.83. The number of fused-ring (bicyclic) bond motifs is 1. The molecule has 1 heterocycles. The highest BCUT2D eigenvalue weighted by Crippen LogP contribution is 2.24. The molecule has 0 radical (unpaired) electrons. The van der Waals surface area contributed by atoms with Crippen LogP contribution in [0.5, 0.6) is 0 Å². The quantitative estimate of drug-likeness (QED) is 0.402. The molecule has 3 aromatic rings. The van der Waals surface area contributed by atoms with Crippen LogP contribution >= 0.6 is 0 Å². The maximum Gasteiger partial charge on any atom is 0.408 e. The second-order valence-corrected chi connectivity index (χ2v) is 10.0. The zero-order valence-corrected chi connectivity index (χ0v) is 20.8. The first kappa shape index (κ1) is 25.3. The third-order valence-electron chi connectivity index (χ3n) is 5.44. The van der Waals surface area contributed by atoms with Crippen molar-refractivity contribution in [2.45, 2.75) is 72.3 Å². The molecule has 6 heteroatoms. The lowest BCUT2D eigenvalue weighted by Crippen LogP contribution is -2.45. The third-order valence-corrected chi connectivity index (χ3v) is 5.44. The highest BCUT2D eigenvalue weighted by molar-refractivity contribution is 5.86. The summed E-state index contributed by atoms with van der Waals surface area (Å²) in [6, 6.07) is 16.8. The number of amides is 1. The summed E-state index contributed by atoms with van der Waals surface area (Å²) in [6.07, 6.45) is 2.80. The fraction of sp³-hybridized carbons (Fsp3) is 0.429. The number of carbonyl (C=O) groups excluding carboxylic acids is 2. The van der Waals surface area contributed by atoms with Crippen molar-refractivity contribution < 1.29 is 19.1 Å². The van der Waals surface area contributed by atoms with Gasteiger partial charge in [0, 0.05) is 30.1 Å². The molecule has 0 aliphatic carbocycles. The zero-order chi connectivity index (χ0) is 24.7. The highest BCUT2D eigenvalue weighted by Gasteiger charge is 2.27. The van der Waals surface area contributed by atoms with E-state index in [4.69, 9.17) is 9.47 Å². The average Bonchev–Trinajstić information content (AvgIpc) is 3.12. The smallest absolute Gasteiger partial charge is 0.408 e. The summed E-state index contributed by atoms with van der Waals surface area (Å²) in [4.78, 5) is 25.6. The van der Waals surface area contributed by atoms with Crippen LogP contribution in [0, 0.1) is 5.92 Å². The summed E-state index contributed by atoms with van der Waals surface area (Å²) < 4.78 is 13.2. The normalized spacial score (nSPS) is 12.5. The number of hydrogen-bond acceptors (Lipinski definition) is 4. The molecule has 0 fully saturated rings. The van der Waals surface area contributed by atoms with E-state index in [9.17, 15) is 9.59 Å². The predicted molar refractivity (Wildman–Crippen MR) is 134 cm³/mol. The molecule has 0 saturated heterocycles. The molecule has 2 aromatic carbocycles. The van der Waals surface area contributed by atoms with Crippen molar-refractivity contribution in [1.82, 2.24) is 9.88 Å². The number of aromatic nitrogens is 1. The molecule has 182 valence electrons. The van der Waals surface area contributed by atoms with E-state index in [1.165, 1.54) is 0 Å². The molecule has 1 atom stereocenters. The van der Waals surface area contributed by atoms with Gasteiger partial charge in [-0.3, -0.25) is 0 Å². The first-order valence-electron chi connectivity index (χ1n) is 11.9. The molecule has 0 aliphatic heterocycles. The van der Waals surface area contributed by atoms with Gasteiger partial charge in [0.25, 0.3) is 0 Å². The Bertz CT molecular complexity index is 1100.